The topological polar surface area (TPSA) is 44.9 Å². The van der Waals surface area contributed by atoms with Gasteiger partial charge in [-0.15, -0.1) is 35.7 Å². The smallest absolute Gasteiger partial charge is 0.509 e. The molecule has 0 saturated heterocycles. The van der Waals surface area contributed by atoms with Crippen LogP contribution in [0.3, 0.4) is 0 Å². The van der Waals surface area contributed by atoms with Crippen LogP contribution in [0.5, 0.6) is 11.5 Å². The van der Waals surface area contributed by atoms with E-state index in [-0.39, 0.29) is 37.8 Å². The van der Waals surface area contributed by atoms with Gasteiger partial charge in [0.15, 0.2) is 0 Å². The van der Waals surface area contributed by atoms with Crippen molar-refractivity contribution in [1.29, 1.82) is 0 Å². The van der Waals surface area contributed by atoms with Crippen molar-refractivity contribution in [3.05, 3.63) is 131 Å². The Morgan fingerprint density at radius 3 is 2.09 bits per heavy atom. The van der Waals surface area contributed by atoms with E-state index < -0.39 is 0 Å². The molecule has 0 saturated carbocycles. The minimum absolute atomic E-state index is 0. The van der Waals surface area contributed by atoms with Crippen LogP contribution in [0.1, 0.15) is 122 Å². The van der Waals surface area contributed by atoms with Crippen LogP contribution in [0.2, 0.25) is 0 Å². The second kappa shape index (κ2) is 15.6. The second-order valence-corrected chi connectivity index (χ2v) is 17.1. The largest absolute Gasteiger partial charge is 2.00 e. The van der Waals surface area contributed by atoms with Crippen molar-refractivity contribution in [2.45, 2.75) is 112 Å². The van der Waals surface area contributed by atoms with Gasteiger partial charge in [0.05, 0.1) is 11.4 Å². The van der Waals surface area contributed by atoms with Crippen LogP contribution in [0.4, 0.5) is 0 Å². The molecule has 3 heterocycles. The van der Waals surface area contributed by atoms with Crippen LogP contribution in [0.15, 0.2) is 91.1 Å². The van der Waals surface area contributed by atoms with Crippen molar-refractivity contribution in [3.63, 3.8) is 0 Å². The standard InChI is InChI=1S/C49H54N4O.Pt/c1-12-32(4)46-45(34-17-15-14-16-18-34)47(33(5)13-2)53(51-46)37-25-31(3)26-39(29-37)54-38-20-21-40-41-27-35(48(6,7)8)19-22-42(41)52(43(40)30-38)44-28-36(23-24-50-44)49(9,10)11;/h14-28,32-33H,12-13H2,1-11H3;/q-2;+2. The maximum Gasteiger partial charge on any atom is 2.00 e. The molecular weight excluding hydrogens is 856 g/mol. The van der Waals surface area contributed by atoms with Crippen molar-refractivity contribution in [2.75, 3.05) is 0 Å². The van der Waals surface area contributed by atoms with Gasteiger partial charge in [-0.2, -0.15) is 16.7 Å². The van der Waals surface area contributed by atoms with E-state index in [0.29, 0.717) is 17.4 Å². The SMILES string of the molecule is CCC(C)c1nn(-c2[c-]c(Oc3[c-]c4c(cc3)c3cc(C(C)(C)C)ccc3n4-c3cc(C(C)(C)C)ccn3)cc(C)c2)c(C(C)CC)c1-c1ccccc1.[Pt+2]. The Labute approximate surface area is 342 Å². The van der Waals surface area contributed by atoms with Gasteiger partial charge in [-0.3, -0.25) is 4.68 Å². The number of hydrogen-bond acceptors (Lipinski definition) is 3. The third kappa shape index (κ3) is 7.83. The molecule has 7 rings (SSSR count). The van der Waals surface area contributed by atoms with Crippen molar-refractivity contribution < 1.29 is 25.8 Å². The number of pyridine rings is 1. The van der Waals surface area contributed by atoms with Crippen LogP contribution in [0, 0.1) is 19.1 Å². The quantitative estimate of drug-likeness (QED) is 0.136. The summed E-state index contributed by atoms with van der Waals surface area (Å²) in [5, 5.41) is 7.64. The molecule has 6 heteroatoms. The first-order valence-electron chi connectivity index (χ1n) is 19.6. The molecule has 7 aromatic rings. The fourth-order valence-corrected chi connectivity index (χ4v) is 7.37. The van der Waals surface area contributed by atoms with E-state index in [1.165, 1.54) is 33.3 Å². The van der Waals surface area contributed by atoms with Crippen molar-refractivity contribution >= 4 is 21.8 Å². The maximum atomic E-state index is 6.70. The van der Waals surface area contributed by atoms with Crippen LogP contribution in [-0.2, 0) is 31.9 Å². The third-order valence-corrected chi connectivity index (χ3v) is 10.9. The summed E-state index contributed by atoms with van der Waals surface area (Å²) in [6, 6.07) is 37.5. The molecule has 0 radical (unpaired) electrons. The number of ether oxygens (including phenoxy) is 1. The summed E-state index contributed by atoms with van der Waals surface area (Å²) >= 11 is 0. The molecule has 0 spiro atoms. The minimum Gasteiger partial charge on any atom is -0.509 e. The molecule has 3 aromatic heterocycles. The fourth-order valence-electron chi connectivity index (χ4n) is 7.37. The number of fused-ring (bicyclic) bond motifs is 3. The summed E-state index contributed by atoms with van der Waals surface area (Å²) in [4.78, 5) is 4.90. The molecule has 0 fully saturated rings. The molecular formula is C49H54N4OPt. The second-order valence-electron chi connectivity index (χ2n) is 17.1. The van der Waals surface area contributed by atoms with E-state index in [2.05, 4.69) is 170 Å². The Morgan fingerprint density at radius 2 is 1.42 bits per heavy atom. The summed E-state index contributed by atoms with van der Waals surface area (Å²) in [6.07, 6.45) is 3.92. The number of aromatic nitrogens is 4. The molecule has 286 valence electrons. The zero-order valence-electron chi connectivity index (χ0n) is 34.2. The van der Waals surface area contributed by atoms with Gasteiger partial charge in [0.25, 0.3) is 0 Å². The van der Waals surface area contributed by atoms with Gasteiger partial charge in [0.1, 0.15) is 5.82 Å². The van der Waals surface area contributed by atoms with E-state index >= 15 is 0 Å². The number of aryl methyl sites for hydroxylation is 1. The van der Waals surface area contributed by atoms with Crippen LogP contribution >= 0.6 is 0 Å². The first-order chi connectivity index (χ1) is 25.7. The van der Waals surface area contributed by atoms with Crippen LogP contribution < -0.4 is 4.74 Å². The first kappa shape index (κ1) is 40.2. The third-order valence-electron chi connectivity index (χ3n) is 10.9. The van der Waals surface area contributed by atoms with Gasteiger partial charge in [-0.05, 0) is 75.6 Å². The van der Waals surface area contributed by atoms with E-state index in [1.807, 2.05) is 18.3 Å². The molecule has 4 aromatic carbocycles. The normalized spacial score (nSPS) is 13.2. The average molecular weight is 910 g/mol. The number of rotatable bonds is 9. The predicted octanol–water partition coefficient (Wildman–Crippen LogP) is 13.4. The molecule has 2 atom stereocenters. The molecule has 0 N–H and O–H groups in total. The molecule has 0 aliphatic carbocycles. The van der Waals surface area contributed by atoms with Gasteiger partial charge < -0.3 is 9.30 Å². The van der Waals surface area contributed by atoms with E-state index in [0.717, 1.165) is 52.0 Å². The Bertz CT molecular complexity index is 2460. The molecule has 0 amide bonds. The van der Waals surface area contributed by atoms with Crippen LogP contribution in [-0.4, -0.2) is 19.3 Å². The zero-order valence-corrected chi connectivity index (χ0v) is 36.5. The molecule has 5 nitrogen and oxygen atoms in total. The van der Waals surface area contributed by atoms with Crippen molar-refractivity contribution in [1.82, 2.24) is 19.3 Å². The van der Waals surface area contributed by atoms with Gasteiger partial charge in [0, 0.05) is 34.7 Å². The number of hydrogen-bond donors (Lipinski definition) is 0. The zero-order chi connectivity index (χ0) is 38.5. The van der Waals surface area contributed by atoms with Gasteiger partial charge in [-0.1, -0.05) is 124 Å². The molecule has 0 aliphatic rings. The average Bonchev–Trinajstić information content (AvgIpc) is 3.70. The number of benzene rings is 4. The van der Waals surface area contributed by atoms with E-state index in [1.54, 1.807) is 0 Å². The Balaban J connectivity index is 0.00000514. The molecule has 0 aliphatic heterocycles. The summed E-state index contributed by atoms with van der Waals surface area (Å²) < 4.78 is 11.1. The Hall–Kier alpha value is -4.47. The summed E-state index contributed by atoms with van der Waals surface area (Å²) in [5.74, 6) is 2.70. The fraction of sp³-hybridized carbons (Fsp3) is 0.347. The van der Waals surface area contributed by atoms with E-state index in [4.69, 9.17) is 14.8 Å². The van der Waals surface area contributed by atoms with Gasteiger partial charge in [-0.25, -0.2) is 4.98 Å². The van der Waals surface area contributed by atoms with Crippen molar-refractivity contribution in [3.8, 4) is 34.1 Å². The van der Waals surface area contributed by atoms with Crippen molar-refractivity contribution in [2.24, 2.45) is 0 Å². The molecule has 55 heavy (non-hydrogen) atoms. The van der Waals surface area contributed by atoms with E-state index in [9.17, 15) is 0 Å². The maximum absolute atomic E-state index is 6.70. The molecule has 0 bridgehead atoms. The summed E-state index contributed by atoms with van der Waals surface area (Å²) in [5.41, 5.74) is 11.3. The molecule has 2 unspecified atom stereocenters. The summed E-state index contributed by atoms with van der Waals surface area (Å²) in [6.45, 7) is 24.7. The monoisotopic (exact) mass is 909 g/mol. The minimum atomic E-state index is -0.0207. The van der Waals surface area contributed by atoms with Gasteiger partial charge in [0.2, 0.25) is 0 Å². The first-order valence-corrected chi connectivity index (χ1v) is 19.6. The summed E-state index contributed by atoms with van der Waals surface area (Å²) in [7, 11) is 0. The number of nitrogens with zero attached hydrogens (tertiary/aromatic N) is 4. The Morgan fingerprint density at radius 1 is 0.727 bits per heavy atom. The predicted molar refractivity (Wildman–Crippen MR) is 225 cm³/mol. The van der Waals surface area contributed by atoms with Crippen LogP contribution in [0.25, 0.3) is 44.4 Å². The van der Waals surface area contributed by atoms with Gasteiger partial charge >= 0.3 is 21.1 Å². The Kier molecular flexibility index (Phi) is 11.4.